The molecule has 4 atom stereocenters. The summed E-state index contributed by atoms with van der Waals surface area (Å²) in [6, 6.07) is 30.8. The van der Waals surface area contributed by atoms with Gasteiger partial charge in [0, 0.05) is 50.2 Å². The maximum absolute atomic E-state index is 13.5. The number of ether oxygens (including phenoxy) is 5. The number of hydrogen-bond acceptors (Lipinski definition) is 13. The monoisotopic (exact) mass is 1020 g/mol. The van der Waals surface area contributed by atoms with Crippen LogP contribution in [-0.2, 0) is 70.5 Å². The van der Waals surface area contributed by atoms with Crippen molar-refractivity contribution in [3.8, 4) is 11.1 Å². The third-order valence-corrected chi connectivity index (χ3v) is 11.9. The number of rotatable bonds is 32. The predicted octanol–water partition coefficient (Wildman–Crippen LogP) is 5.23. The molecule has 0 fully saturated rings. The van der Waals surface area contributed by atoms with E-state index in [-0.39, 0.29) is 103 Å². The van der Waals surface area contributed by atoms with Gasteiger partial charge in [-0.25, -0.2) is 9.59 Å². The molecule has 0 saturated heterocycles. The van der Waals surface area contributed by atoms with Crippen molar-refractivity contribution in [2.75, 3.05) is 39.6 Å². The minimum atomic E-state index is -1.36. The third-order valence-electron chi connectivity index (χ3n) is 11.9. The summed E-state index contributed by atoms with van der Waals surface area (Å²) >= 11 is 0. The summed E-state index contributed by atoms with van der Waals surface area (Å²) in [5.41, 5.74) is 5.83. The lowest BCUT2D eigenvalue weighted by Crippen LogP contribution is -2.50. The molecule has 5 amide bonds. The van der Waals surface area contributed by atoms with Gasteiger partial charge in [-0.05, 0) is 72.9 Å². The van der Waals surface area contributed by atoms with Crippen molar-refractivity contribution >= 4 is 47.6 Å². The van der Waals surface area contributed by atoms with Crippen molar-refractivity contribution in [1.29, 1.82) is 0 Å². The number of hydrogen-bond donors (Lipinski definition) is 6. The second kappa shape index (κ2) is 31.1. The topological polar surface area (TPSA) is 263 Å². The highest BCUT2D eigenvalue weighted by atomic mass is 16.6. The Balaban J connectivity index is 0.968. The lowest BCUT2D eigenvalue weighted by atomic mass is 9.98. The van der Waals surface area contributed by atoms with Gasteiger partial charge in [-0.2, -0.15) is 0 Å². The van der Waals surface area contributed by atoms with E-state index in [1.807, 2.05) is 109 Å². The Morgan fingerprint density at radius 3 is 1.61 bits per heavy atom. The summed E-state index contributed by atoms with van der Waals surface area (Å²) in [6.45, 7) is 3.48. The van der Waals surface area contributed by atoms with Gasteiger partial charge in [0.2, 0.25) is 23.6 Å². The van der Waals surface area contributed by atoms with E-state index in [9.17, 15) is 43.5 Å². The highest BCUT2D eigenvalue weighted by Crippen LogP contribution is 2.44. The average molecular weight is 1020 g/mol. The number of nitrogens with one attached hydrogen (secondary N) is 5. The molecule has 74 heavy (non-hydrogen) atoms. The Morgan fingerprint density at radius 2 is 1.03 bits per heavy atom. The highest BCUT2D eigenvalue weighted by Gasteiger charge is 2.30. The van der Waals surface area contributed by atoms with Gasteiger partial charge in [0.1, 0.15) is 38.5 Å². The van der Waals surface area contributed by atoms with E-state index in [1.54, 1.807) is 13.8 Å². The van der Waals surface area contributed by atoms with Gasteiger partial charge in [-0.3, -0.25) is 28.8 Å². The first-order chi connectivity index (χ1) is 35.7. The molecule has 396 valence electrons. The highest BCUT2D eigenvalue weighted by molar-refractivity contribution is 5.89. The predicted molar refractivity (Wildman–Crippen MR) is 271 cm³/mol. The van der Waals surface area contributed by atoms with Gasteiger partial charge in [0.15, 0.2) is 0 Å². The van der Waals surface area contributed by atoms with E-state index >= 15 is 0 Å². The molecular weight excluding hydrogens is 955 g/mol. The Labute approximate surface area is 430 Å². The smallest absolute Gasteiger partial charge is 0.407 e. The van der Waals surface area contributed by atoms with Gasteiger partial charge in [0.25, 0.3) is 0 Å². The fourth-order valence-corrected chi connectivity index (χ4v) is 7.96. The van der Waals surface area contributed by atoms with Gasteiger partial charge in [-0.1, -0.05) is 109 Å². The van der Waals surface area contributed by atoms with Crippen LogP contribution in [0.5, 0.6) is 0 Å². The molecule has 5 rings (SSSR count). The van der Waals surface area contributed by atoms with E-state index < -0.39 is 72.4 Å². The normalized spacial score (nSPS) is 13.1. The summed E-state index contributed by atoms with van der Waals surface area (Å²) in [5.74, 6) is -4.42. The van der Waals surface area contributed by atoms with Crippen molar-refractivity contribution in [3.63, 3.8) is 0 Å². The van der Waals surface area contributed by atoms with Crippen LogP contribution in [0.25, 0.3) is 11.1 Å². The largest absolute Gasteiger partial charge is 0.480 e. The zero-order valence-electron chi connectivity index (χ0n) is 41.8. The van der Waals surface area contributed by atoms with Gasteiger partial charge in [0.05, 0.1) is 19.8 Å². The molecule has 0 bridgehead atoms. The van der Waals surface area contributed by atoms with Crippen LogP contribution in [0, 0.1) is 0 Å². The van der Waals surface area contributed by atoms with E-state index in [0.29, 0.717) is 6.42 Å². The standard InChI is InChI=1S/C55H67N5O14/c1-37(21-27-51(64)72-33-39-13-5-3-6-14-39)57-49(62)26-23-46(53(66)58-38(2)22-28-52(65)73-34-40-15-7-4-8-16-40)59-50(63)36-71-32-31-70-30-29-56-48(61)25-24-47(54(67)68)60-55(69)74-35-45-43-19-11-9-17-41(43)42-18-10-12-20-44(42)45/h3-20,37-38,45-47H,21-36H2,1-2H3,(H,56,61)(H,57,62)(H,58,66)(H,59,63)(H,60,69)(H,67,68). The number of alkyl carbamates (subject to hydrolysis) is 1. The maximum atomic E-state index is 13.5. The minimum absolute atomic E-state index is 0.00515. The first-order valence-corrected chi connectivity index (χ1v) is 24.8. The average Bonchev–Trinajstić information content (AvgIpc) is 3.72. The second-order valence-corrected chi connectivity index (χ2v) is 17.8. The number of carbonyl (C=O) groups excluding carboxylic acids is 7. The molecule has 0 saturated carbocycles. The molecule has 0 aromatic heterocycles. The van der Waals surface area contributed by atoms with Crippen LogP contribution in [0.4, 0.5) is 4.79 Å². The maximum Gasteiger partial charge on any atom is 0.407 e. The Morgan fingerprint density at radius 1 is 0.514 bits per heavy atom. The molecule has 0 heterocycles. The summed E-state index contributed by atoms with van der Waals surface area (Å²) in [6.07, 6.45) is -0.792. The number of amides is 5. The Bertz CT molecular complexity index is 2430. The number of fused-ring (bicyclic) bond motifs is 3. The Hall–Kier alpha value is -7.64. The van der Waals surface area contributed by atoms with Crippen molar-refractivity contribution < 1.29 is 67.1 Å². The molecule has 19 heteroatoms. The number of carboxylic acid groups (broad SMARTS) is 1. The molecule has 0 aliphatic heterocycles. The number of esters is 2. The first kappa shape index (κ1) is 57.3. The zero-order valence-corrected chi connectivity index (χ0v) is 41.8. The number of carboxylic acids is 1. The molecule has 1 aliphatic rings. The van der Waals surface area contributed by atoms with E-state index in [0.717, 1.165) is 33.4 Å². The van der Waals surface area contributed by atoms with Crippen LogP contribution in [0.1, 0.15) is 93.4 Å². The SMILES string of the molecule is CC(CCC(=O)OCc1ccccc1)NC(=O)CCC(NC(=O)COCCOCCNC(=O)CCC(NC(=O)OCC1c2ccccc2-c2ccccc21)C(=O)O)C(=O)NC(C)CCC(=O)OCc1ccccc1. The van der Waals surface area contributed by atoms with Crippen LogP contribution in [-0.4, -0.2) is 116 Å². The summed E-state index contributed by atoms with van der Waals surface area (Å²) in [7, 11) is 0. The summed E-state index contributed by atoms with van der Waals surface area (Å²) < 4.78 is 27.1. The summed E-state index contributed by atoms with van der Waals surface area (Å²) in [4.78, 5) is 101. The van der Waals surface area contributed by atoms with Crippen molar-refractivity contribution in [2.24, 2.45) is 0 Å². The van der Waals surface area contributed by atoms with Gasteiger partial charge < -0.3 is 55.4 Å². The van der Waals surface area contributed by atoms with Crippen LogP contribution >= 0.6 is 0 Å². The van der Waals surface area contributed by atoms with Crippen LogP contribution in [0.2, 0.25) is 0 Å². The second-order valence-electron chi connectivity index (χ2n) is 17.8. The molecule has 19 nitrogen and oxygen atoms in total. The Kier molecular flexibility index (Phi) is 24.0. The molecule has 4 unspecified atom stereocenters. The number of carbonyl (C=O) groups is 8. The van der Waals surface area contributed by atoms with Crippen LogP contribution in [0.15, 0.2) is 109 Å². The zero-order chi connectivity index (χ0) is 53.1. The molecule has 0 spiro atoms. The van der Waals surface area contributed by atoms with Crippen molar-refractivity contribution in [3.05, 3.63) is 131 Å². The number of benzene rings is 4. The molecule has 0 radical (unpaired) electrons. The molecule has 1 aliphatic carbocycles. The fourth-order valence-electron chi connectivity index (χ4n) is 7.96. The van der Waals surface area contributed by atoms with E-state index in [1.165, 1.54) is 0 Å². The van der Waals surface area contributed by atoms with E-state index in [2.05, 4.69) is 26.6 Å². The molecule has 6 N–H and O–H groups in total. The van der Waals surface area contributed by atoms with Crippen molar-refractivity contribution in [2.45, 2.75) is 109 Å². The quantitative estimate of drug-likeness (QED) is 0.0208. The molecule has 4 aromatic rings. The lowest BCUT2D eigenvalue weighted by molar-refractivity contribution is -0.146. The lowest BCUT2D eigenvalue weighted by Gasteiger charge is -2.22. The fraction of sp³-hybridized carbons (Fsp3) is 0.418. The minimum Gasteiger partial charge on any atom is -0.480 e. The van der Waals surface area contributed by atoms with Gasteiger partial charge in [-0.15, -0.1) is 0 Å². The first-order valence-electron chi connectivity index (χ1n) is 24.8. The van der Waals surface area contributed by atoms with Crippen molar-refractivity contribution in [1.82, 2.24) is 26.6 Å². The van der Waals surface area contributed by atoms with E-state index in [4.69, 9.17) is 23.7 Å². The number of aliphatic carboxylic acids is 1. The van der Waals surface area contributed by atoms with Crippen LogP contribution < -0.4 is 26.6 Å². The van der Waals surface area contributed by atoms with Crippen LogP contribution in [0.3, 0.4) is 0 Å². The summed E-state index contributed by atoms with van der Waals surface area (Å²) in [5, 5.41) is 22.9. The van der Waals surface area contributed by atoms with Gasteiger partial charge >= 0.3 is 24.0 Å². The molecule has 4 aromatic carbocycles. The molecular formula is C55H67N5O14. The third kappa shape index (κ3) is 20.5.